The monoisotopic (exact) mass is 832 g/mol. The fourth-order valence-electron chi connectivity index (χ4n) is 4.85. The van der Waals surface area contributed by atoms with E-state index in [0.717, 1.165) is 0 Å². The van der Waals surface area contributed by atoms with Gasteiger partial charge in [-0.2, -0.15) is 12.6 Å². The Morgan fingerprint density at radius 2 is 1.00 bits per heavy atom. The molecule has 0 aromatic carbocycles. The summed E-state index contributed by atoms with van der Waals surface area (Å²) in [4.78, 5) is 87.4. The van der Waals surface area contributed by atoms with Crippen LogP contribution >= 0.6 is 12.6 Å². The van der Waals surface area contributed by atoms with E-state index in [1.165, 1.54) is 6.92 Å². The highest BCUT2D eigenvalue weighted by molar-refractivity contribution is 7.80. The Bertz CT molecular complexity index is 1280. The van der Waals surface area contributed by atoms with E-state index in [-0.39, 0.29) is 18.6 Å². The van der Waals surface area contributed by atoms with Crippen molar-refractivity contribution in [1.82, 2.24) is 21.3 Å². The van der Waals surface area contributed by atoms with Gasteiger partial charge < -0.3 is 82.5 Å². The maximum Gasteiger partial charge on any atom is 0.327 e. The number of aliphatic carboxylic acids is 2. The zero-order chi connectivity index (χ0) is 43.3. The van der Waals surface area contributed by atoms with Crippen molar-refractivity contribution in [2.75, 3.05) is 32.1 Å². The molecule has 324 valence electrons. The number of nitrogens with one attached hydrogen (secondary N) is 4. The van der Waals surface area contributed by atoms with E-state index in [1.807, 2.05) is 0 Å². The molecule has 0 spiro atoms. The summed E-state index contributed by atoms with van der Waals surface area (Å²) in [6.45, 7) is -1.72. The van der Waals surface area contributed by atoms with Crippen molar-refractivity contribution in [3.8, 4) is 0 Å². The number of carbonyl (C=O) groups is 7. The molecule has 0 radical (unpaired) electrons. The number of rotatable bonds is 30. The molecule has 0 aliphatic rings. The van der Waals surface area contributed by atoms with Gasteiger partial charge >= 0.3 is 11.9 Å². The molecule has 0 bridgehead atoms. The number of carboxylic acid groups (broad SMARTS) is 2. The SMILES string of the molecule is C[C@@H](CCC(=O)NC[C@H](O)[C@@H](O)[C@H](O)[C@H](O)CO)C(=O)N[C@@H](CCC(=O)O)C(=O)C[C@@H](CCC(=O)NC[C@H](O)[C@@H](O)[C@H](O)[C@H](O)CO)C(=O)N[C@@H](CS)C(=O)O. The topological polar surface area (TPSA) is 410 Å². The Kier molecular flexibility index (Phi) is 25.4. The van der Waals surface area contributed by atoms with Crippen molar-refractivity contribution < 1.29 is 94.8 Å². The second-order valence-corrected chi connectivity index (χ2v) is 13.5. The fourth-order valence-corrected chi connectivity index (χ4v) is 5.09. The highest BCUT2D eigenvalue weighted by atomic mass is 32.1. The van der Waals surface area contributed by atoms with Gasteiger partial charge in [0, 0.05) is 56.4 Å². The zero-order valence-electron chi connectivity index (χ0n) is 30.6. The minimum absolute atomic E-state index is 0.144. The Morgan fingerprint density at radius 3 is 1.41 bits per heavy atom. The summed E-state index contributed by atoms with van der Waals surface area (Å²) in [5, 5.41) is 123. The van der Waals surface area contributed by atoms with Gasteiger partial charge in [0.1, 0.15) is 42.7 Å². The number of aliphatic hydroxyl groups is 10. The molecule has 0 unspecified atom stereocenters. The summed E-state index contributed by atoms with van der Waals surface area (Å²) in [6, 6.07) is -3.02. The van der Waals surface area contributed by atoms with E-state index >= 15 is 0 Å². The second kappa shape index (κ2) is 27.1. The summed E-state index contributed by atoms with van der Waals surface area (Å²) in [6.07, 6.45) is -18.2. The van der Waals surface area contributed by atoms with Crippen LogP contribution in [0.4, 0.5) is 0 Å². The van der Waals surface area contributed by atoms with Gasteiger partial charge in [-0.25, -0.2) is 4.79 Å². The van der Waals surface area contributed by atoms with Gasteiger partial charge in [-0.15, -0.1) is 0 Å². The molecule has 4 amide bonds. The van der Waals surface area contributed by atoms with E-state index in [9.17, 15) is 84.6 Å². The van der Waals surface area contributed by atoms with E-state index in [1.54, 1.807) is 0 Å². The van der Waals surface area contributed by atoms with Gasteiger partial charge in [0.05, 0.1) is 31.5 Å². The maximum atomic E-state index is 13.5. The number of carboxylic acids is 2. The van der Waals surface area contributed by atoms with Gasteiger partial charge in [0.2, 0.25) is 23.6 Å². The molecule has 56 heavy (non-hydrogen) atoms. The van der Waals surface area contributed by atoms with Crippen LogP contribution in [0.5, 0.6) is 0 Å². The van der Waals surface area contributed by atoms with Crippen molar-refractivity contribution in [1.29, 1.82) is 0 Å². The third-order valence-electron chi connectivity index (χ3n) is 8.61. The average Bonchev–Trinajstić information content (AvgIpc) is 3.17. The summed E-state index contributed by atoms with van der Waals surface area (Å²) in [5.74, 6) is -9.85. The molecule has 0 aliphatic carbocycles. The minimum Gasteiger partial charge on any atom is -0.481 e. The predicted molar refractivity (Wildman–Crippen MR) is 191 cm³/mol. The number of hydrogen-bond acceptors (Lipinski definition) is 18. The minimum atomic E-state index is -1.99. The number of carbonyl (C=O) groups excluding carboxylic acids is 5. The van der Waals surface area contributed by atoms with Crippen molar-refractivity contribution in [2.24, 2.45) is 11.8 Å². The number of amides is 4. The van der Waals surface area contributed by atoms with E-state index in [2.05, 4.69) is 33.9 Å². The largest absolute Gasteiger partial charge is 0.481 e. The molecule has 0 saturated heterocycles. The fraction of sp³-hybridized carbons (Fsp3) is 0.781. The smallest absolute Gasteiger partial charge is 0.327 e. The van der Waals surface area contributed by atoms with E-state index in [4.69, 9.17) is 10.2 Å². The molecule has 23 nitrogen and oxygen atoms in total. The van der Waals surface area contributed by atoms with Crippen molar-refractivity contribution in [3.63, 3.8) is 0 Å². The lowest BCUT2D eigenvalue weighted by atomic mass is 9.91. The lowest BCUT2D eigenvalue weighted by Crippen LogP contribution is -2.49. The number of aliphatic hydroxyl groups excluding tert-OH is 10. The Balaban J connectivity index is 5.68. The Morgan fingerprint density at radius 1 is 0.571 bits per heavy atom. The van der Waals surface area contributed by atoms with Crippen molar-refractivity contribution in [2.45, 2.75) is 113 Å². The molecule has 0 aromatic heterocycles. The van der Waals surface area contributed by atoms with Gasteiger partial charge in [-0.3, -0.25) is 28.8 Å². The summed E-state index contributed by atoms with van der Waals surface area (Å²) in [7, 11) is 0. The summed E-state index contributed by atoms with van der Waals surface area (Å²) < 4.78 is 0. The van der Waals surface area contributed by atoms with E-state index < -0.39 is 173 Å². The van der Waals surface area contributed by atoms with Crippen LogP contribution < -0.4 is 21.3 Å². The van der Waals surface area contributed by atoms with Gasteiger partial charge in [0.15, 0.2) is 5.78 Å². The van der Waals surface area contributed by atoms with Crippen LogP contribution in [0.1, 0.15) is 51.9 Å². The molecule has 0 rings (SSSR count). The summed E-state index contributed by atoms with van der Waals surface area (Å²) >= 11 is 3.87. The first-order chi connectivity index (χ1) is 26.1. The van der Waals surface area contributed by atoms with Crippen molar-refractivity contribution in [3.05, 3.63) is 0 Å². The lowest BCUT2D eigenvalue weighted by molar-refractivity contribution is -0.142. The standard InChI is InChI=1S/C32H56N4O19S/c1-14(2-5-23(44)33-9-19(40)26(48)28(50)21(42)11-37)30(52)35-16(4-7-25(46)47)18(39)8-15(31(53)36-17(13-56)32(54)55)3-6-24(45)34-10-20(41)27(49)29(51)22(43)12-38/h14-17,19-22,26-29,37-38,40-43,48-51,56H,2-13H2,1H3,(H,33,44)(H,34,45)(H,35,52)(H,36,53)(H,46,47)(H,54,55)/t14-,15+,16-,17-,19-,20-,21+,22+,26+,27+,28+,29+/m0/s1. The number of Topliss-reactive ketones (excluding diaryl/α,β-unsaturated/α-hetero) is 1. The van der Waals surface area contributed by atoms with Crippen LogP contribution in [0.15, 0.2) is 0 Å². The molecule has 16 N–H and O–H groups in total. The highest BCUT2D eigenvalue weighted by Gasteiger charge is 2.33. The quantitative estimate of drug-likeness (QED) is 0.0299. The Labute approximate surface area is 326 Å². The molecule has 24 heteroatoms. The van der Waals surface area contributed by atoms with Crippen LogP contribution in [-0.4, -0.2) is 196 Å². The first kappa shape index (κ1) is 52.4. The first-order valence-electron chi connectivity index (χ1n) is 17.5. The number of hydrogen-bond donors (Lipinski definition) is 17. The number of thiol groups is 1. The van der Waals surface area contributed by atoms with Crippen LogP contribution in [0, 0.1) is 11.8 Å². The van der Waals surface area contributed by atoms with Gasteiger partial charge in [-0.1, -0.05) is 6.92 Å². The highest BCUT2D eigenvalue weighted by Crippen LogP contribution is 2.17. The van der Waals surface area contributed by atoms with Gasteiger partial charge in [0.25, 0.3) is 0 Å². The molecular formula is C32H56N4O19S. The molecule has 0 fully saturated rings. The Hall–Kier alpha value is -3.56. The first-order valence-corrected chi connectivity index (χ1v) is 18.1. The van der Waals surface area contributed by atoms with E-state index in [0.29, 0.717) is 0 Å². The predicted octanol–water partition coefficient (Wildman–Crippen LogP) is -7.29. The molecule has 12 atom stereocenters. The van der Waals surface area contributed by atoms with Crippen LogP contribution in [0.2, 0.25) is 0 Å². The third-order valence-corrected chi connectivity index (χ3v) is 8.97. The zero-order valence-corrected chi connectivity index (χ0v) is 31.5. The van der Waals surface area contributed by atoms with Crippen molar-refractivity contribution >= 4 is 54.0 Å². The van der Waals surface area contributed by atoms with Gasteiger partial charge in [-0.05, 0) is 19.3 Å². The van der Waals surface area contributed by atoms with Crippen LogP contribution in [0.3, 0.4) is 0 Å². The normalized spacial score (nSPS) is 17.9. The summed E-state index contributed by atoms with van der Waals surface area (Å²) in [5.41, 5.74) is 0. The maximum absolute atomic E-state index is 13.5. The average molecular weight is 833 g/mol. The molecule has 0 aliphatic heterocycles. The molecular weight excluding hydrogens is 776 g/mol. The van der Waals surface area contributed by atoms with Crippen LogP contribution in [0.25, 0.3) is 0 Å². The molecule has 0 saturated carbocycles. The lowest BCUT2D eigenvalue weighted by Gasteiger charge is -2.26. The third kappa shape index (κ3) is 19.5. The molecule has 0 aromatic rings. The molecule has 0 heterocycles. The second-order valence-electron chi connectivity index (χ2n) is 13.1. The van der Waals surface area contributed by atoms with Crippen LogP contribution in [-0.2, 0) is 33.6 Å². The number of ketones is 1.